The van der Waals surface area contributed by atoms with E-state index in [1.54, 1.807) is 0 Å². The highest BCUT2D eigenvalue weighted by Crippen LogP contribution is 2.31. The first-order chi connectivity index (χ1) is 6.13. The average molecular weight is 235 g/mol. The lowest BCUT2D eigenvalue weighted by molar-refractivity contribution is 0.242. The molecule has 0 atom stereocenters. The predicted octanol–water partition coefficient (Wildman–Crippen LogP) is 4.06. The van der Waals surface area contributed by atoms with Crippen molar-refractivity contribution < 1.29 is 4.74 Å². The summed E-state index contributed by atoms with van der Waals surface area (Å²) in [5.74, 6) is 0.725. The molecule has 0 saturated heterocycles. The highest BCUT2D eigenvalue weighted by molar-refractivity contribution is 8.68. The summed E-state index contributed by atoms with van der Waals surface area (Å²) >= 11 is 10.1. The van der Waals surface area contributed by atoms with Crippen LogP contribution in [0.3, 0.4) is 0 Å². The van der Waals surface area contributed by atoms with Gasteiger partial charge in [-0.05, 0) is 32.0 Å². The van der Waals surface area contributed by atoms with Crippen molar-refractivity contribution in [2.75, 3.05) is 0 Å². The van der Waals surface area contributed by atoms with Gasteiger partial charge in [-0.1, -0.05) is 22.4 Å². The first-order valence-corrected chi connectivity index (χ1v) is 6.16. The Morgan fingerprint density at radius 3 is 2.62 bits per heavy atom. The summed E-state index contributed by atoms with van der Waals surface area (Å²) in [7, 11) is 1.36. The molecule has 4 heteroatoms. The van der Waals surface area contributed by atoms with Gasteiger partial charge in [0.25, 0.3) is 0 Å². The summed E-state index contributed by atoms with van der Waals surface area (Å²) in [6, 6.07) is 5.64. The van der Waals surface area contributed by atoms with E-state index in [0.717, 1.165) is 10.6 Å². The van der Waals surface area contributed by atoms with Gasteiger partial charge in [-0.2, -0.15) is 0 Å². The van der Waals surface area contributed by atoms with Crippen molar-refractivity contribution in [2.45, 2.75) is 24.8 Å². The number of benzene rings is 1. The third-order valence-electron chi connectivity index (χ3n) is 1.37. The van der Waals surface area contributed by atoms with E-state index in [4.69, 9.17) is 16.3 Å². The zero-order valence-corrected chi connectivity index (χ0v) is 9.92. The molecule has 0 aliphatic rings. The van der Waals surface area contributed by atoms with E-state index in [9.17, 15) is 0 Å². The second-order valence-electron chi connectivity index (χ2n) is 2.85. The van der Waals surface area contributed by atoms with Crippen LogP contribution in [-0.4, -0.2) is 6.10 Å². The minimum atomic E-state index is 0.145. The molecule has 0 saturated carbocycles. The van der Waals surface area contributed by atoms with Crippen LogP contribution in [0.1, 0.15) is 13.8 Å². The molecule has 1 aromatic carbocycles. The van der Waals surface area contributed by atoms with Crippen molar-refractivity contribution in [3.8, 4) is 5.75 Å². The topological polar surface area (TPSA) is 9.23 Å². The van der Waals surface area contributed by atoms with Crippen molar-refractivity contribution in [1.82, 2.24) is 0 Å². The molecule has 72 valence electrons. The van der Waals surface area contributed by atoms with Crippen LogP contribution in [-0.2, 0) is 0 Å². The van der Waals surface area contributed by atoms with Crippen LogP contribution >= 0.6 is 34.1 Å². The fraction of sp³-hybridized carbons (Fsp3) is 0.333. The van der Waals surface area contributed by atoms with Crippen molar-refractivity contribution in [1.29, 1.82) is 0 Å². The van der Waals surface area contributed by atoms with E-state index >= 15 is 0 Å². The average Bonchev–Trinajstić information content (AvgIpc) is 2.08. The zero-order chi connectivity index (χ0) is 9.84. The molecule has 0 fully saturated rings. The number of ether oxygens (including phenoxy) is 1. The van der Waals surface area contributed by atoms with E-state index in [1.165, 1.54) is 10.8 Å². The predicted molar refractivity (Wildman–Crippen MR) is 62.1 cm³/mol. The first kappa shape index (κ1) is 11.1. The lowest BCUT2D eigenvalue weighted by atomic mass is 10.3. The maximum atomic E-state index is 5.98. The lowest BCUT2D eigenvalue weighted by Crippen LogP contribution is -2.05. The van der Waals surface area contributed by atoms with Crippen LogP contribution in [0.15, 0.2) is 23.1 Å². The Morgan fingerprint density at radius 1 is 1.46 bits per heavy atom. The van der Waals surface area contributed by atoms with E-state index < -0.39 is 0 Å². The monoisotopic (exact) mass is 234 g/mol. The number of hydrogen-bond acceptors (Lipinski definition) is 3. The summed E-state index contributed by atoms with van der Waals surface area (Å²) in [5.41, 5.74) is 0. The SMILES string of the molecule is CC(C)Oc1ccc(SS)cc1Cl. The van der Waals surface area contributed by atoms with Crippen molar-refractivity contribution in [3.63, 3.8) is 0 Å². The first-order valence-electron chi connectivity index (χ1n) is 3.91. The lowest BCUT2D eigenvalue weighted by Gasteiger charge is -2.11. The van der Waals surface area contributed by atoms with E-state index in [1.807, 2.05) is 32.0 Å². The van der Waals surface area contributed by atoms with Gasteiger partial charge in [0.2, 0.25) is 0 Å². The van der Waals surface area contributed by atoms with E-state index in [-0.39, 0.29) is 6.10 Å². The third kappa shape index (κ3) is 3.33. The minimum absolute atomic E-state index is 0.145. The van der Waals surface area contributed by atoms with Crippen LogP contribution in [0.25, 0.3) is 0 Å². The van der Waals surface area contributed by atoms with Gasteiger partial charge >= 0.3 is 0 Å². The maximum Gasteiger partial charge on any atom is 0.138 e. The van der Waals surface area contributed by atoms with Crippen LogP contribution in [0.2, 0.25) is 5.02 Å². The van der Waals surface area contributed by atoms with Crippen molar-refractivity contribution in [2.24, 2.45) is 0 Å². The van der Waals surface area contributed by atoms with Crippen LogP contribution in [0.4, 0.5) is 0 Å². The summed E-state index contributed by atoms with van der Waals surface area (Å²) in [4.78, 5) is 1.02. The quantitative estimate of drug-likeness (QED) is 0.624. The minimum Gasteiger partial charge on any atom is -0.489 e. The van der Waals surface area contributed by atoms with Gasteiger partial charge in [-0.3, -0.25) is 0 Å². The Balaban J connectivity index is 2.85. The number of halogens is 1. The second-order valence-corrected chi connectivity index (χ2v) is 4.46. The molecule has 0 aliphatic carbocycles. The molecular weight excluding hydrogens is 224 g/mol. The van der Waals surface area contributed by atoms with Gasteiger partial charge in [0, 0.05) is 4.90 Å². The van der Waals surface area contributed by atoms with Crippen LogP contribution in [0, 0.1) is 0 Å². The molecule has 0 aliphatic heterocycles. The molecule has 0 spiro atoms. The van der Waals surface area contributed by atoms with Gasteiger partial charge in [0.15, 0.2) is 0 Å². The number of hydrogen-bond donors (Lipinski definition) is 1. The molecule has 0 aromatic heterocycles. The van der Waals surface area contributed by atoms with E-state index in [2.05, 4.69) is 11.7 Å². The summed E-state index contributed by atoms with van der Waals surface area (Å²) in [5, 5.41) is 0.632. The fourth-order valence-electron chi connectivity index (χ4n) is 0.888. The summed E-state index contributed by atoms with van der Waals surface area (Å²) in [6.45, 7) is 3.94. The molecule has 1 nitrogen and oxygen atoms in total. The molecule has 0 radical (unpaired) electrons. The van der Waals surface area contributed by atoms with Gasteiger partial charge < -0.3 is 4.74 Å². The van der Waals surface area contributed by atoms with Crippen molar-refractivity contribution >= 4 is 34.1 Å². The van der Waals surface area contributed by atoms with Gasteiger partial charge in [0.05, 0.1) is 11.1 Å². The Bertz CT molecular complexity index is 289. The normalized spacial score (nSPS) is 10.5. The molecule has 1 rings (SSSR count). The molecule has 13 heavy (non-hydrogen) atoms. The maximum absolute atomic E-state index is 5.98. The molecule has 0 unspecified atom stereocenters. The molecule has 0 bridgehead atoms. The summed E-state index contributed by atoms with van der Waals surface area (Å²) in [6.07, 6.45) is 0.145. The standard InChI is InChI=1S/C9H11ClOS2/c1-6(2)11-9-4-3-7(13-12)5-8(9)10/h3-6,12H,1-2H3. The third-order valence-corrected chi connectivity index (χ3v) is 2.76. The van der Waals surface area contributed by atoms with Gasteiger partial charge in [0.1, 0.15) is 5.75 Å². The Morgan fingerprint density at radius 2 is 2.15 bits per heavy atom. The smallest absolute Gasteiger partial charge is 0.138 e. The number of rotatable bonds is 3. The highest BCUT2D eigenvalue weighted by atomic mass is 35.5. The molecule has 0 N–H and O–H groups in total. The molecular formula is C9H11ClOS2. The molecule has 0 amide bonds. The van der Waals surface area contributed by atoms with Crippen LogP contribution < -0.4 is 4.74 Å². The van der Waals surface area contributed by atoms with Crippen LogP contribution in [0.5, 0.6) is 5.75 Å². The fourth-order valence-corrected chi connectivity index (χ4v) is 1.82. The Kier molecular flexibility index (Phi) is 4.29. The zero-order valence-electron chi connectivity index (χ0n) is 7.45. The highest BCUT2D eigenvalue weighted by Gasteiger charge is 2.04. The number of thiol groups is 1. The largest absolute Gasteiger partial charge is 0.489 e. The van der Waals surface area contributed by atoms with Gasteiger partial charge in [-0.15, -0.1) is 11.7 Å². The van der Waals surface area contributed by atoms with Gasteiger partial charge in [-0.25, -0.2) is 0 Å². The molecule has 0 heterocycles. The van der Waals surface area contributed by atoms with E-state index in [0.29, 0.717) is 5.02 Å². The summed E-state index contributed by atoms with van der Waals surface area (Å²) < 4.78 is 5.48. The van der Waals surface area contributed by atoms with Crippen molar-refractivity contribution in [3.05, 3.63) is 23.2 Å². The Labute approximate surface area is 92.6 Å². The Hall–Kier alpha value is 0.01000. The second kappa shape index (κ2) is 5.03. The molecule has 1 aromatic rings.